The Bertz CT molecular complexity index is 1410. The van der Waals surface area contributed by atoms with E-state index in [1.165, 1.54) is 17.7 Å². The Balaban J connectivity index is 1.72. The van der Waals surface area contributed by atoms with Crippen LogP contribution in [0.5, 0.6) is 5.75 Å². The normalized spacial score (nSPS) is 14.3. The lowest BCUT2D eigenvalue weighted by atomic mass is 10.1. The first-order valence-electron chi connectivity index (χ1n) is 13.4. The van der Waals surface area contributed by atoms with Gasteiger partial charge in [0.15, 0.2) is 11.5 Å². The first-order chi connectivity index (χ1) is 19.3. The summed E-state index contributed by atoms with van der Waals surface area (Å²) in [6.45, 7) is 10.1. The zero-order valence-corrected chi connectivity index (χ0v) is 23.1. The fourth-order valence-corrected chi connectivity index (χ4v) is 4.74. The van der Waals surface area contributed by atoms with Crippen molar-refractivity contribution >= 4 is 28.9 Å². The largest absolute Gasteiger partial charge is 0.491 e. The average molecular weight is 558 g/mol. The molecule has 0 saturated carbocycles. The maximum atomic E-state index is 14.8. The predicted molar refractivity (Wildman–Crippen MR) is 148 cm³/mol. The number of carboxylic acids is 1. The SMILES string of the molecule is CCn1nc(C)c(F)c1C(=O)Nc1nc2c(C)c(C(=O)O)cc(OCCCN3CCOCC3)c2n1CC=CCN. The highest BCUT2D eigenvalue weighted by Gasteiger charge is 2.26. The van der Waals surface area contributed by atoms with Gasteiger partial charge < -0.3 is 24.9 Å². The predicted octanol–water partition coefficient (Wildman–Crippen LogP) is 2.58. The molecule has 0 bridgehead atoms. The number of benzene rings is 1. The molecule has 3 aromatic rings. The van der Waals surface area contributed by atoms with E-state index in [0.717, 1.165) is 26.1 Å². The lowest BCUT2D eigenvalue weighted by molar-refractivity contribution is 0.0358. The number of aromatic nitrogens is 4. The van der Waals surface area contributed by atoms with E-state index in [0.29, 0.717) is 55.3 Å². The maximum Gasteiger partial charge on any atom is 0.336 e. The van der Waals surface area contributed by atoms with Gasteiger partial charge in [-0.1, -0.05) is 12.2 Å². The van der Waals surface area contributed by atoms with Crippen molar-refractivity contribution in [1.82, 2.24) is 24.2 Å². The molecule has 0 radical (unpaired) electrons. The quantitative estimate of drug-likeness (QED) is 0.226. The molecule has 2 aromatic heterocycles. The fourth-order valence-electron chi connectivity index (χ4n) is 4.74. The van der Waals surface area contributed by atoms with Gasteiger partial charge in [0.05, 0.1) is 36.6 Å². The van der Waals surface area contributed by atoms with Crippen molar-refractivity contribution in [3.63, 3.8) is 0 Å². The second-order valence-corrected chi connectivity index (χ2v) is 9.48. The van der Waals surface area contributed by atoms with Crippen molar-refractivity contribution in [3.8, 4) is 5.75 Å². The molecule has 4 N–H and O–H groups in total. The molecule has 1 fully saturated rings. The number of nitrogens with one attached hydrogen (secondary N) is 1. The second-order valence-electron chi connectivity index (χ2n) is 9.48. The topological polar surface area (TPSA) is 150 Å². The van der Waals surface area contributed by atoms with Crippen LogP contribution in [0.25, 0.3) is 11.0 Å². The van der Waals surface area contributed by atoms with Crippen LogP contribution in [0.3, 0.4) is 0 Å². The molecule has 0 atom stereocenters. The lowest BCUT2D eigenvalue weighted by Gasteiger charge is -2.26. The number of anilines is 1. The molecular formula is C27H36FN7O5. The molecule has 1 saturated heterocycles. The van der Waals surface area contributed by atoms with E-state index in [2.05, 4.69) is 20.3 Å². The Hall–Kier alpha value is -3.81. The lowest BCUT2D eigenvalue weighted by Crippen LogP contribution is -2.37. The minimum atomic E-state index is -1.12. The van der Waals surface area contributed by atoms with Crippen molar-refractivity contribution in [1.29, 1.82) is 0 Å². The summed E-state index contributed by atoms with van der Waals surface area (Å²) >= 11 is 0. The summed E-state index contributed by atoms with van der Waals surface area (Å²) in [6, 6.07) is 1.49. The van der Waals surface area contributed by atoms with Gasteiger partial charge in [-0.05, 0) is 38.8 Å². The maximum absolute atomic E-state index is 14.8. The van der Waals surface area contributed by atoms with E-state index in [1.807, 2.05) is 0 Å². The molecule has 0 spiro atoms. The summed E-state index contributed by atoms with van der Waals surface area (Å²) in [5.41, 5.74) is 6.89. The summed E-state index contributed by atoms with van der Waals surface area (Å²) < 4.78 is 29.3. The van der Waals surface area contributed by atoms with Crippen LogP contribution >= 0.6 is 0 Å². The van der Waals surface area contributed by atoms with Gasteiger partial charge in [-0.2, -0.15) is 5.10 Å². The van der Waals surface area contributed by atoms with Crippen molar-refractivity contribution in [2.45, 2.75) is 40.3 Å². The molecule has 0 aliphatic carbocycles. The fraction of sp³-hybridized carbons (Fsp3) is 0.481. The standard InChI is InChI=1S/C27H36FN7O5/c1-4-35-24(21(28)18(3)32-35)25(36)31-27-30-22-17(2)19(26(37)38)16-20(23(22)34(27)10-6-5-8-29)40-13-7-9-33-11-14-39-15-12-33/h5-6,16H,4,7-15,29H2,1-3H3,(H,37,38)(H,30,31,36). The Morgan fingerprint density at radius 2 is 2.02 bits per heavy atom. The molecular weight excluding hydrogens is 521 g/mol. The summed E-state index contributed by atoms with van der Waals surface area (Å²) in [5.74, 6) is -2.10. The Labute approximate surface area is 231 Å². The highest BCUT2D eigenvalue weighted by atomic mass is 19.1. The molecule has 1 aliphatic heterocycles. The van der Waals surface area contributed by atoms with Gasteiger partial charge >= 0.3 is 5.97 Å². The number of aromatic carboxylic acids is 1. The van der Waals surface area contributed by atoms with E-state index >= 15 is 0 Å². The van der Waals surface area contributed by atoms with Crippen LogP contribution in [-0.2, 0) is 17.8 Å². The number of nitrogens with two attached hydrogens (primary N) is 1. The number of allylic oxidation sites excluding steroid dienone is 1. The number of hydrogen-bond acceptors (Lipinski definition) is 8. The first-order valence-corrected chi connectivity index (χ1v) is 13.4. The summed E-state index contributed by atoms with van der Waals surface area (Å²) in [5, 5.41) is 16.7. The third-order valence-corrected chi connectivity index (χ3v) is 6.83. The van der Waals surface area contributed by atoms with E-state index in [4.69, 9.17) is 15.2 Å². The molecule has 13 heteroatoms. The van der Waals surface area contributed by atoms with Crippen molar-refractivity contribution in [3.05, 3.63) is 46.6 Å². The Morgan fingerprint density at radius 3 is 2.70 bits per heavy atom. The number of carbonyl (C=O) groups excluding carboxylic acids is 1. The second kappa shape index (κ2) is 13.0. The molecule has 40 heavy (non-hydrogen) atoms. The van der Waals surface area contributed by atoms with E-state index in [-0.39, 0.29) is 29.4 Å². The average Bonchev–Trinajstić information content (AvgIpc) is 3.44. The number of fused-ring (bicyclic) bond motifs is 1. The van der Waals surface area contributed by atoms with Crippen LogP contribution in [0.4, 0.5) is 10.3 Å². The van der Waals surface area contributed by atoms with Crippen LogP contribution in [-0.4, -0.2) is 87.2 Å². The molecule has 1 aliphatic rings. The van der Waals surface area contributed by atoms with E-state index in [1.54, 1.807) is 30.6 Å². The number of imidazole rings is 1. The summed E-state index contributed by atoms with van der Waals surface area (Å²) in [6.07, 6.45) is 4.29. The smallest absolute Gasteiger partial charge is 0.336 e. The third-order valence-electron chi connectivity index (χ3n) is 6.83. The minimum absolute atomic E-state index is 0.0430. The highest BCUT2D eigenvalue weighted by molar-refractivity contribution is 6.04. The van der Waals surface area contributed by atoms with E-state index < -0.39 is 17.7 Å². The van der Waals surface area contributed by atoms with Crippen molar-refractivity contribution < 1.29 is 28.6 Å². The molecule has 12 nitrogen and oxygen atoms in total. The minimum Gasteiger partial charge on any atom is -0.491 e. The van der Waals surface area contributed by atoms with Gasteiger partial charge in [-0.3, -0.25) is 19.7 Å². The molecule has 0 unspecified atom stereocenters. The number of nitrogens with zero attached hydrogens (tertiary/aromatic N) is 5. The number of amides is 1. The van der Waals surface area contributed by atoms with Crippen LogP contribution in [0.2, 0.25) is 0 Å². The number of rotatable bonds is 12. The van der Waals surface area contributed by atoms with Crippen LogP contribution in [0.1, 0.15) is 45.4 Å². The highest BCUT2D eigenvalue weighted by Crippen LogP contribution is 2.34. The Kier molecular flexibility index (Phi) is 9.50. The third kappa shape index (κ3) is 6.16. The van der Waals surface area contributed by atoms with Crippen molar-refractivity contribution in [2.75, 3.05) is 51.3 Å². The van der Waals surface area contributed by atoms with Gasteiger partial charge in [0.25, 0.3) is 5.91 Å². The number of ether oxygens (including phenoxy) is 2. The summed E-state index contributed by atoms with van der Waals surface area (Å²) in [4.78, 5) is 32.2. The molecule has 4 rings (SSSR count). The molecule has 1 amide bonds. The number of carboxylic acid groups (broad SMARTS) is 1. The van der Waals surface area contributed by atoms with Gasteiger partial charge in [-0.15, -0.1) is 0 Å². The van der Waals surface area contributed by atoms with Gasteiger partial charge in [-0.25, -0.2) is 14.2 Å². The summed E-state index contributed by atoms with van der Waals surface area (Å²) in [7, 11) is 0. The van der Waals surface area contributed by atoms with Gasteiger partial charge in [0.1, 0.15) is 11.3 Å². The zero-order valence-electron chi connectivity index (χ0n) is 23.1. The zero-order chi connectivity index (χ0) is 28.8. The number of morpholine rings is 1. The monoisotopic (exact) mass is 557 g/mol. The van der Waals surface area contributed by atoms with Crippen LogP contribution in [0, 0.1) is 19.7 Å². The van der Waals surface area contributed by atoms with Gasteiger partial charge in [0.2, 0.25) is 5.95 Å². The Morgan fingerprint density at radius 1 is 1.27 bits per heavy atom. The van der Waals surface area contributed by atoms with Crippen LogP contribution in [0.15, 0.2) is 18.2 Å². The molecule has 3 heterocycles. The molecule has 216 valence electrons. The number of hydrogen-bond donors (Lipinski definition) is 3. The number of halogens is 1. The first kappa shape index (κ1) is 29.2. The van der Waals surface area contributed by atoms with E-state index in [9.17, 15) is 19.1 Å². The van der Waals surface area contributed by atoms with Gasteiger partial charge in [0, 0.05) is 39.3 Å². The number of aryl methyl sites for hydroxylation is 3. The number of carbonyl (C=O) groups is 2. The van der Waals surface area contributed by atoms with Crippen LogP contribution < -0.4 is 15.8 Å². The molecule has 1 aromatic carbocycles. The van der Waals surface area contributed by atoms with Crippen molar-refractivity contribution in [2.24, 2.45) is 5.73 Å².